The SMILES string of the molecule is CC(C)[C@@H](NCC1CC2C=CC=CC2O1)C(=O)N1CC[C@](O)(C2C=CC(Cl)CC2)C(C)(C)C1. The highest BCUT2D eigenvalue weighted by atomic mass is 35.5. The lowest BCUT2D eigenvalue weighted by atomic mass is 9.62. The van der Waals surface area contributed by atoms with E-state index in [4.69, 9.17) is 16.3 Å². The molecule has 0 aromatic rings. The molecule has 5 unspecified atom stereocenters. The molecule has 2 aliphatic carbocycles. The van der Waals surface area contributed by atoms with Crippen LogP contribution in [0, 0.1) is 23.2 Å². The lowest BCUT2D eigenvalue weighted by Crippen LogP contribution is -2.64. The van der Waals surface area contributed by atoms with E-state index in [1.165, 1.54) is 0 Å². The first-order chi connectivity index (χ1) is 15.6. The van der Waals surface area contributed by atoms with Gasteiger partial charge in [0.15, 0.2) is 0 Å². The Morgan fingerprint density at radius 1 is 1.21 bits per heavy atom. The highest BCUT2D eigenvalue weighted by Gasteiger charge is 2.53. The monoisotopic (exact) mass is 476 g/mol. The van der Waals surface area contributed by atoms with Crippen molar-refractivity contribution in [2.75, 3.05) is 19.6 Å². The predicted molar refractivity (Wildman–Crippen MR) is 133 cm³/mol. The van der Waals surface area contributed by atoms with Crippen LogP contribution < -0.4 is 5.32 Å². The van der Waals surface area contributed by atoms with Gasteiger partial charge in [0.2, 0.25) is 5.91 Å². The molecular formula is C27H41ClN2O3. The van der Waals surface area contributed by atoms with E-state index in [-0.39, 0.29) is 41.4 Å². The summed E-state index contributed by atoms with van der Waals surface area (Å²) in [5, 5.41) is 15.3. The molecule has 0 aromatic carbocycles. The molecule has 7 atom stereocenters. The molecule has 33 heavy (non-hydrogen) atoms. The molecule has 2 fully saturated rings. The number of carbonyl (C=O) groups excluding carboxylic acids is 1. The number of amides is 1. The number of aliphatic hydroxyl groups is 1. The first kappa shape index (κ1) is 25.0. The Hall–Kier alpha value is -1.14. The van der Waals surface area contributed by atoms with Gasteiger partial charge in [-0.1, -0.05) is 64.2 Å². The maximum absolute atomic E-state index is 13.6. The number of halogens is 1. The Morgan fingerprint density at radius 3 is 2.61 bits per heavy atom. The minimum absolute atomic E-state index is 0.0624. The van der Waals surface area contributed by atoms with E-state index in [1.807, 2.05) is 17.1 Å². The molecule has 0 bridgehead atoms. The third kappa shape index (κ3) is 5.12. The summed E-state index contributed by atoms with van der Waals surface area (Å²) in [6, 6.07) is -0.254. The van der Waals surface area contributed by atoms with Crippen molar-refractivity contribution in [3.8, 4) is 0 Å². The van der Waals surface area contributed by atoms with Crippen LogP contribution in [0.1, 0.15) is 53.4 Å². The molecule has 2 N–H and O–H groups in total. The number of carbonyl (C=O) groups is 1. The van der Waals surface area contributed by atoms with Crippen LogP contribution in [0.2, 0.25) is 0 Å². The zero-order valence-electron chi connectivity index (χ0n) is 20.5. The van der Waals surface area contributed by atoms with Crippen LogP contribution in [0.4, 0.5) is 0 Å². The van der Waals surface area contributed by atoms with E-state index >= 15 is 0 Å². The van der Waals surface area contributed by atoms with Crippen LogP contribution in [-0.2, 0) is 9.53 Å². The number of allylic oxidation sites excluding steroid dienone is 3. The Balaban J connectivity index is 1.37. The summed E-state index contributed by atoms with van der Waals surface area (Å²) in [6.45, 7) is 10.2. The number of alkyl halides is 1. The molecule has 1 amide bonds. The van der Waals surface area contributed by atoms with Crippen molar-refractivity contribution in [2.45, 2.75) is 82.6 Å². The van der Waals surface area contributed by atoms with Crippen molar-refractivity contribution < 1.29 is 14.6 Å². The molecule has 184 valence electrons. The molecule has 6 heteroatoms. The maximum atomic E-state index is 13.6. The van der Waals surface area contributed by atoms with Crippen LogP contribution in [-0.4, -0.2) is 64.8 Å². The molecule has 4 aliphatic rings. The highest BCUT2D eigenvalue weighted by molar-refractivity contribution is 6.21. The summed E-state index contributed by atoms with van der Waals surface area (Å²) in [4.78, 5) is 15.6. The molecule has 0 aromatic heterocycles. The van der Waals surface area contributed by atoms with Gasteiger partial charge in [-0.15, -0.1) is 11.6 Å². The predicted octanol–water partition coefficient (Wildman–Crippen LogP) is 4.06. The number of fused-ring (bicyclic) bond motifs is 1. The largest absolute Gasteiger partial charge is 0.389 e. The van der Waals surface area contributed by atoms with Gasteiger partial charge in [0.25, 0.3) is 0 Å². The number of ether oxygens (including phenoxy) is 1. The van der Waals surface area contributed by atoms with Crippen LogP contribution in [0.5, 0.6) is 0 Å². The molecule has 0 spiro atoms. The van der Waals surface area contributed by atoms with E-state index in [0.717, 1.165) is 19.3 Å². The van der Waals surface area contributed by atoms with E-state index < -0.39 is 11.0 Å². The van der Waals surface area contributed by atoms with Crippen molar-refractivity contribution in [1.82, 2.24) is 10.2 Å². The third-order valence-corrected chi connectivity index (χ3v) is 8.69. The summed E-state index contributed by atoms with van der Waals surface area (Å²) in [7, 11) is 0. The fourth-order valence-corrected chi connectivity index (χ4v) is 6.37. The van der Waals surface area contributed by atoms with Crippen molar-refractivity contribution in [3.63, 3.8) is 0 Å². The summed E-state index contributed by atoms with van der Waals surface area (Å²) in [5.74, 6) is 0.838. The third-order valence-electron chi connectivity index (χ3n) is 8.33. The molecule has 5 nitrogen and oxygen atoms in total. The fourth-order valence-electron chi connectivity index (χ4n) is 6.16. The van der Waals surface area contributed by atoms with Gasteiger partial charge < -0.3 is 20.1 Å². The Bertz CT molecular complexity index is 787. The van der Waals surface area contributed by atoms with Crippen molar-refractivity contribution >= 4 is 17.5 Å². The Labute approximate surface area is 204 Å². The van der Waals surface area contributed by atoms with Gasteiger partial charge in [-0.2, -0.15) is 0 Å². The second-order valence-corrected chi connectivity index (χ2v) is 12.0. The quantitative estimate of drug-likeness (QED) is 0.448. The Kier molecular flexibility index (Phi) is 7.45. The molecule has 2 saturated heterocycles. The molecule has 2 aliphatic heterocycles. The van der Waals surface area contributed by atoms with E-state index in [2.05, 4.69) is 57.3 Å². The molecule has 2 heterocycles. The summed E-state index contributed by atoms with van der Waals surface area (Å²) in [5.41, 5.74) is -1.23. The molecule has 0 radical (unpaired) electrons. The lowest BCUT2D eigenvalue weighted by molar-refractivity contribution is -0.164. The number of hydrogen-bond donors (Lipinski definition) is 2. The van der Waals surface area contributed by atoms with E-state index in [9.17, 15) is 9.90 Å². The topological polar surface area (TPSA) is 61.8 Å². The van der Waals surface area contributed by atoms with Gasteiger partial charge in [-0.05, 0) is 31.6 Å². The van der Waals surface area contributed by atoms with Crippen LogP contribution in [0.15, 0.2) is 36.5 Å². The molecular weight excluding hydrogens is 436 g/mol. The maximum Gasteiger partial charge on any atom is 0.239 e. The van der Waals surface area contributed by atoms with Crippen molar-refractivity contribution in [2.24, 2.45) is 23.2 Å². The number of rotatable bonds is 6. The van der Waals surface area contributed by atoms with Crippen LogP contribution in [0.3, 0.4) is 0 Å². The molecule has 0 saturated carbocycles. The Morgan fingerprint density at radius 2 is 1.97 bits per heavy atom. The van der Waals surface area contributed by atoms with Gasteiger partial charge in [0.1, 0.15) is 0 Å². The smallest absolute Gasteiger partial charge is 0.239 e. The van der Waals surface area contributed by atoms with E-state index in [1.54, 1.807) is 0 Å². The van der Waals surface area contributed by atoms with Gasteiger partial charge in [-0.3, -0.25) is 4.79 Å². The summed E-state index contributed by atoms with van der Waals surface area (Å²) >= 11 is 6.24. The van der Waals surface area contributed by atoms with Gasteiger partial charge >= 0.3 is 0 Å². The average Bonchev–Trinajstić information content (AvgIpc) is 3.18. The summed E-state index contributed by atoms with van der Waals surface area (Å²) < 4.78 is 6.18. The van der Waals surface area contributed by atoms with Gasteiger partial charge in [-0.25, -0.2) is 0 Å². The number of likely N-dealkylation sites (tertiary alicyclic amines) is 1. The second-order valence-electron chi connectivity index (χ2n) is 11.4. The van der Waals surface area contributed by atoms with Gasteiger partial charge in [0, 0.05) is 36.9 Å². The molecule has 4 rings (SSSR count). The average molecular weight is 477 g/mol. The van der Waals surface area contributed by atoms with Crippen molar-refractivity contribution in [3.05, 3.63) is 36.5 Å². The number of hydrogen-bond acceptors (Lipinski definition) is 4. The van der Waals surface area contributed by atoms with E-state index in [0.29, 0.717) is 32.0 Å². The van der Waals surface area contributed by atoms with Crippen LogP contribution in [0.25, 0.3) is 0 Å². The first-order valence-electron chi connectivity index (χ1n) is 12.7. The van der Waals surface area contributed by atoms with Crippen LogP contribution >= 0.6 is 11.6 Å². The normalized spacial score (nSPS) is 38.5. The number of piperidine rings is 1. The minimum atomic E-state index is -0.826. The summed E-state index contributed by atoms with van der Waals surface area (Å²) in [6.07, 6.45) is 16.3. The second kappa shape index (κ2) is 9.85. The van der Waals surface area contributed by atoms with Gasteiger partial charge in [0.05, 0.1) is 29.2 Å². The highest BCUT2D eigenvalue weighted by Crippen LogP contribution is 2.47. The standard InChI is InChI=1S/C27H41ClN2O3/c1-18(2)24(29-16-22-15-19-7-5-6-8-23(19)33-22)25(31)30-14-13-27(32,26(3,4)17-30)20-9-11-21(28)12-10-20/h5-9,11,18-24,29,32H,10,12-17H2,1-4H3/t19?,20?,21?,22?,23?,24-,27+/m1/s1. The fraction of sp³-hybridized carbons (Fsp3) is 0.741. The zero-order valence-corrected chi connectivity index (χ0v) is 21.3. The number of nitrogens with zero attached hydrogens (tertiary/aromatic N) is 1. The number of nitrogens with one attached hydrogen (secondary N) is 1. The lowest BCUT2D eigenvalue weighted by Gasteiger charge is -2.54. The minimum Gasteiger partial charge on any atom is -0.389 e. The zero-order chi connectivity index (χ0) is 23.8. The first-order valence-corrected chi connectivity index (χ1v) is 13.1. The van der Waals surface area contributed by atoms with Crippen molar-refractivity contribution in [1.29, 1.82) is 0 Å².